The Balaban J connectivity index is 0. The molecule has 0 aliphatic carbocycles. The maximum absolute atomic E-state index is 7.32. The normalized spacial score (nSPS) is 4.33. The predicted octanol–water partition coefficient (Wildman–Crippen LogP) is 1.47. The lowest BCUT2D eigenvalue weighted by molar-refractivity contribution is 1.49. The van der Waals surface area contributed by atoms with E-state index in [0.717, 1.165) is 5.75 Å². The lowest BCUT2D eigenvalue weighted by Crippen LogP contribution is -1.36. The number of hydrogen-bond donors (Lipinski definition) is 1. The van der Waals surface area contributed by atoms with Crippen LogP contribution in [-0.2, 0) is 0 Å². The molecule has 0 amide bonds. The van der Waals surface area contributed by atoms with Crippen molar-refractivity contribution >= 4 is 12.6 Å². The molecule has 0 aromatic carbocycles. The Labute approximate surface area is 44.4 Å². The van der Waals surface area contributed by atoms with Crippen LogP contribution in [-0.4, -0.2) is 5.75 Å². The van der Waals surface area contributed by atoms with Gasteiger partial charge in [-0.2, -0.15) is 17.9 Å². The molecule has 0 heterocycles. The van der Waals surface area contributed by atoms with Crippen LogP contribution >= 0.6 is 12.6 Å². The summed E-state index contributed by atoms with van der Waals surface area (Å²) in [5.74, 6) is 0.944. The molecule has 6 heavy (non-hydrogen) atoms. The van der Waals surface area contributed by atoms with Gasteiger partial charge in [0.2, 0.25) is 0 Å². The highest BCUT2D eigenvalue weighted by atomic mass is 32.1. The van der Waals surface area contributed by atoms with E-state index in [2.05, 4.69) is 12.6 Å². The van der Waals surface area contributed by atoms with E-state index in [-0.39, 0.29) is 0 Å². The van der Waals surface area contributed by atoms with E-state index < -0.39 is 0 Å². The minimum atomic E-state index is 0.944. The van der Waals surface area contributed by atoms with Gasteiger partial charge in [0.25, 0.3) is 0 Å². The lowest BCUT2D eigenvalue weighted by Gasteiger charge is -1.48. The van der Waals surface area contributed by atoms with E-state index in [9.17, 15) is 0 Å². The van der Waals surface area contributed by atoms with Crippen LogP contribution in [0, 0.1) is 11.3 Å². The average molecular weight is 103 g/mol. The van der Waals surface area contributed by atoms with Crippen molar-refractivity contribution in [3.05, 3.63) is 0 Å². The van der Waals surface area contributed by atoms with Crippen molar-refractivity contribution in [2.75, 3.05) is 5.75 Å². The zero-order chi connectivity index (χ0) is 5.41. The predicted molar refractivity (Wildman–Crippen MR) is 30.8 cm³/mol. The van der Waals surface area contributed by atoms with Gasteiger partial charge in [-0.3, -0.25) is 0 Å². The molecule has 0 aliphatic rings. The molecule has 1 nitrogen and oxygen atoms in total. The quantitative estimate of drug-likeness (QED) is 0.461. The third-order valence-electron chi connectivity index (χ3n) is 0. The Hall–Kier alpha value is -0.160. The molecule has 0 saturated heterocycles. The van der Waals surface area contributed by atoms with Gasteiger partial charge < -0.3 is 0 Å². The number of nitrogens with zero attached hydrogens (tertiary/aromatic N) is 1. The number of hydrogen-bond acceptors (Lipinski definition) is 2. The molecule has 0 saturated carbocycles. The zero-order valence-corrected chi connectivity index (χ0v) is 5.00. The van der Waals surface area contributed by atoms with E-state index in [1.165, 1.54) is 6.92 Å². The zero-order valence-electron chi connectivity index (χ0n) is 4.10. The van der Waals surface area contributed by atoms with Crippen LogP contribution in [0.15, 0.2) is 0 Å². The van der Waals surface area contributed by atoms with Crippen LogP contribution < -0.4 is 0 Å². The van der Waals surface area contributed by atoms with E-state index in [0.29, 0.717) is 0 Å². The van der Waals surface area contributed by atoms with Gasteiger partial charge in [0.15, 0.2) is 0 Å². The van der Waals surface area contributed by atoms with Crippen molar-refractivity contribution < 1.29 is 0 Å². The molecule has 2 heteroatoms. The fourth-order valence-electron chi connectivity index (χ4n) is 0. The Kier molecular flexibility index (Phi) is 32.6. The van der Waals surface area contributed by atoms with Crippen LogP contribution in [0.3, 0.4) is 0 Å². The second kappa shape index (κ2) is 21.1. The van der Waals surface area contributed by atoms with Gasteiger partial charge in [-0.1, -0.05) is 6.92 Å². The second-order valence-corrected chi connectivity index (χ2v) is 1.17. The summed E-state index contributed by atoms with van der Waals surface area (Å²) in [7, 11) is 0. The van der Waals surface area contributed by atoms with Crippen LogP contribution in [0.25, 0.3) is 0 Å². The highest BCUT2D eigenvalue weighted by molar-refractivity contribution is 7.80. The number of thiol groups is 1. The summed E-state index contributed by atoms with van der Waals surface area (Å²) < 4.78 is 0. The van der Waals surface area contributed by atoms with Gasteiger partial charge in [-0.05, 0) is 5.75 Å². The molecule has 0 unspecified atom stereocenters. The van der Waals surface area contributed by atoms with E-state index >= 15 is 0 Å². The Morgan fingerprint density at radius 1 is 1.83 bits per heavy atom. The molecular formula is C4H9NS. The molecule has 0 spiro atoms. The molecule has 0 atom stereocenters. The summed E-state index contributed by atoms with van der Waals surface area (Å²) in [5, 5.41) is 7.32. The van der Waals surface area contributed by atoms with Gasteiger partial charge in [-0.15, -0.1) is 0 Å². The topological polar surface area (TPSA) is 23.8 Å². The van der Waals surface area contributed by atoms with Crippen LogP contribution in [0.1, 0.15) is 13.8 Å². The number of rotatable bonds is 0. The summed E-state index contributed by atoms with van der Waals surface area (Å²) in [6.45, 7) is 3.42. The Morgan fingerprint density at radius 2 is 1.83 bits per heavy atom. The standard InChI is InChI=1S/C2H3N.C2H6S/c2*1-2-3/h1H3;3H,2H2,1H3. The van der Waals surface area contributed by atoms with Crippen molar-refractivity contribution in [3.8, 4) is 6.07 Å². The highest BCUT2D eigenvalue weighted by Crippen LogP contribution is 1.58. The summed E-state index contributed by atoms with van der Waals surface area (Å²) in [6.07, 6.45) is 0. The molecule has 0 rings (SSSR count). The third-order valence-corrected chi connectivity index (χ3v) is 0. The summed E-state index contributed by atoms with van der Waals surface area (Å²) in [5.41, 5.74) is 0. The number of nitriles is 1. The smallest absolute Gasteiger partial charge is 0.0587 e. The molecule has 0 aliphatic heterocycles. The SMILES string of the molecule is CC#N.CCS. The molecular weight excluding hydrogens is 94.1 g/mol. The van der Waals surface area contributed by atoms with Gasteiger partial charge in [-0.25, -0.2) is 0 Å². The average Bonchev–Trinajstić information content (AvgIpc) is 1.39. The van der Waals surface area contributed by atoms with E-state index in [4.69, 9.17) is 5.26 Å². The molecule has 0 aromatic rings. The third kappa shape index (κ3) is 1210. The van der Waals surface area contributed by atoms with Gasteiger partial charge in [0.05, 0.1) is 6.07 Å². The van der Waals surface area contributed by atoms with Gasteiger partial charge in [0.1, 0.15) is 0 Å². The van der Waals surface area contributed by atoms with Gasteiger partial charge >= 0.3 is 0 Å². The molecule has 0 aromatic heterocycles. The first-order chi connectivity index (χ1) is 2.83. The molecule has 0 bridgehead atoms. The summed E-state index contributed by atoms with van der Waals surface area (Å²) in [4.78, 5) is 0. The monoisotopic (exact) mass is 103 g/mol. The Morgan fingerprint density at radius 3 is 1.83 bits per heavy atom. The van der Waals surface area contributed by atoms with Crippen molar-refractivity contribution in [1.29, 1.82) is 5.26 Å². The van der Waals surface area contributed by atoms with Crippen LogP contribution in [0.4, 0.5) is 0 Å². The van der Waals surface area contributed by atoms with Crippen LogP contribution in [0.2, 0.25) is 0 Å². The Bertz CT molecular complexity index is 37.3. The van der Waals surface area contributed by atoms with Crippen molar-refractivity contribution in [1.82, 2.24) is 0 Å². The maximum Gasteiger partial charge on any atom is 0.0587 e. The fraction of sp³-hybridized carbons (Fsp3) is 0.750. The first-order valence-corrected chi connectivity index (χ1v) is 2.38. The highest BCUT2D eigenvalue weighted by Gasteiger charge is 1.35. The fourth-order valence-corrected chi connectivity index (χ4v) is 0. The van der Waals surface area contributed by atoms with Crippen LogP contribution in [0.5, 0.6) is 0 Å². The summed E-state index contributed by atoms with van der Waals surface area (Å²) >= 11 is 3.79. The minimum absolute atomic E-state index is 0.944. The van der Waals surface area contributed by atoms with E-state index in [1.54, 1.807) is 6.07 Å². The van der Waals surface area contributed by atoms with Crippen molar-refractivity contribution in [2.24, 2.45) is 0 Å². The lowest BCUT2D eigenvalue weighted by atomic mass is 11.0. The molecule has 0 radical (unpaired) electrons. The summed E-state index contributed by atoms with van der Waals surface area (Å²) in [6, 6.07) is 1.75. The molecule has 36 valence electrons. The van der Waals surface area contributed by atoms with Crippen molar-refractivity contribution in [3.63, 3.8) is 0 Å². The molecule has 0 N–H and O–H groups in total. The van der Waals surface area contributed by atoms with Gasteiger partial charge in [0, 0.05) is 6.92 Å². The van der Waals surface area contributed by atoms with E-state index in [1.807, 2.05) is 6.92 Å². The van der Waals surface area contributed by atoms with Crippen molar-refractivity contribution in [2.45, 2.75) is 13.8 Å². The first kappa shape index (κ1) is 9.28. The molecule has 0 fully saturated rings. The first-order valence-electron chi connectivity index (χ1n) is 1.75. The largest absolute Gasteiger partial charge is 0.199 e. The second-order valence-electron chi connectivity index (χ2n) is 0.540. The maximum atomic E-state index is 7.32. The minimum Gasteiger partial charge on any atom is -0.199 e.